The van der Waals surface area contributed by atoms with Crippen molar-refractivity contribution in [2.24, 2.45) is 5.14 Å². The summed E-state index contributed by atoms with van der Waals surface area (Å²) in [6.07, 6.45) is 10.0. The van der Waals surface area contributed by atoms with Gasteiger partial charge in [0.25, 0.3) is 0 Å². The number of nitrogens with two attached hydrogens (primary N) is 1. The first-order valence-electron chi connectivity index (χ1n) is 8.69. The molecule has 136 valence electrons. The Morgan fingerprint density at radius 2 is 1.80 bits per heavy atom. The Labute approximate surface area is 149 Å². The second-order valence-electron chi connectivity index (χ2n) is 6.20. The van der Waals surface area contributed by atoms with Crippen molar-refractivity contribution in [3.8, 4) is 11.1 Å². The van der Waals surface area contributed by atoms with E-state index in [1.807, 2.05) is 0 Å². The topological polar surface area (TPSA) is 73.1 Å². The number of aromatic nitrogens is 1. The molecule has 1 aromatic carbocycles. The third-order valence-corrected chi connectivity index (χ3v) is 5.25. The summed E-state index contributed by atoms with van der Waals surface area (Å²) in [5, 5.41) is 5.36. The average Bonchev–Trinajstić information content (AvgIpc) is 2.57. The van der Waals surface area contributed by atoms with E-state index in [0.717, 1.165) is 31.7 Å². The van der Waals surface area contributed by atoms with Crippen LogP contribution in [0.25, 0.3) is 11.1 Å². The van der Waals surface area contributed by atoms with Crippen molar-refractivity contribution in [3.63, 3.8) is 0 Å². The van der Waals surface area contributed by atoms with Crippen molar-refractivity contribution in [1.29, 1.82) is 0 Å². The van der Waals surface area contributed by atoms with Crippen LogP contribution in [0.3, 0.4) is 0 Å². The van der Waals surface area contributed by atoms with Crippen LogP contribution in [0.1, 0.15) is 51.0 Å². The van der Waals surface area contributed by atoms with Gasteiger partial charge >= 0.3 is 0 Å². The van der Waals surface area contributed by atoms with Crippen molar-refractivity contribution in [3.05, 3.63) is 48.0 Å². The number of unbranched alkanes of at least 4 members (excludes halogenated alkanes) is 5. The van der Waals surface area contributed by atoms with Crippen LogP contribution in [0.15, 0.2) is 41.6 Å². The summed E-state index contributed by atoms with van der Waals surface area (Å²) >= 11 is 0. The molecule has 0 bridgehead atoms. The molecular weight excluding hydrogens is 339 g/mol. The highest BCUT2D eigenvalue weighted by Crippen LogP contribution is 2.32. The van der Waals surface area contributed by atoms with Crippen molar-refractivity contribution >= 4 is 10.0 Å². The first-order valence-corrected chi connectivity index (χ1v) is 10.2. The summed E-state index contributed by atoms with van der Waals surface area (Å²) in [6.45, 7) is 2.16. The van der Waals surface area contributed by atoms with Gasteiger partial charge in [0.05, 0.1) is 4.90 Å². The molecule has 2 aromatic rings. The van der Waals surface area contributed by atoms with E-state index >= 15 is 0 Å². The summed E-state index contributed by atoms with van der Waals surface area (Å²) in [7, 11) is -3.92. The Balaban J connectivity index is 2.35. The van der Waals surface area contributed by atoms with Gasteiger partial charge in [-0.05, 0) is 36.6 Å². The number of primary sulfonamides is 1. The van der Waals surface area contributed by atoms with Gasteiger partial charge in [-0.2, -0.15) is 0 Å². The first-order chi connectivity index (χ1) is 11.9. The Bertz CT molecular complexity index is 793. The molecule has 0 unspecified atom stereocenters. The third kappa shape index (κ3) is 5.34. The second kappa shape index (κ2) is 9.06. The van der Waals surface area contributed by atoms with Gasteiger partial charge < -0.3 is 0 Å². The summed E-state index contributed by atoms with van der Waals surface area (Å²) in [6, 6.07) is 5.85. The molecule has 4 nitrogen and oxygen atoms in total. The predicted molar refractivity (Wildman–Crippen MR) is 98.1 cm³/mol. The summed E-state index contributed by atoms with van der Waals surface area (Å²) < 4.78 is 38.4. The zero-order valence-electron chi connectivity index (χ0n) is 14.5. The maximum Gasteiger partial charge on any atom is 0.238 e. The molecule has 6 heteroatoms. The molecule has 0 saturated heterocycles. The number of benzene rings is 1. The van der Waals surface area contributed by atoms with Gasteiger partial charge in [-0.15, -0.1) is 0 Å². The Hall–Kier alpha value is -1.79. The van der Waals surface area contributed by atoms with Gasteiger partial charge in [0.15, 0.2) is 0 Å². The number of nitrogens with zero attached hydrogens (tertiary/aromatic N) is 1. The number of hydrogen-bond donors (Lipinski definition) is 1. The van der Waals surface area contributed by atoms with E-state index in [1.54, 1.807) is 18.3 Å². The lowest BCUT2D eigenvalue weighted by Gasteiger charge is -2.15. The lowest BCUT2D eigenvalue weighted by molar-refractivity contribution is 0.588. The van der Waals surface area contributed by atoms with Crippen molar-refractivity contribution in [2.45, 2.75) is 56.8 Å². The lowest BCUT2D eigenvalue weighted by atomic mass is 9.95. The molecule has 2 N–H and O–H groups in total. The number of sulfonamides is 1. The number of halogens is 1. The van der Waals surface area contributed by atoms with Crippen molar-refractivity contribution in [1.82, 2.24) is 4.98 Å². The highest BCUT2D eigenvalue weighted by atomic mass is 32.2. The quantitative estimate of drug-likeness (QED) is 0.669. The molecule has 1 heterocycles. The zero-order valence-corrected chi connectivity index (χ0v) is 15.4. The predicted octanol–water partition coefficient (Wildman–Crippen LogP) is 4.44. The normalized spacial score (nSPS) is 11.6. The van der Waals surface area contributed by atoms with Crippen molar-refractivity contribution < 1.29 is 12.8 Å². The molecule has 0 fully saturated rings. The maximum atomic E-state index is 14.5. The lowest BCUT2D eigenvalue weighted by Crippen LogP contribution is -2.16. The van der Waals surface area contributed by atoms with Gasteiger partial charge in [0, 0.05) is 23.5 Å². The fourth-order valence-corrected chi connectivity index (χ4v) is 3.83. The molecule has 1 aromatic heterocycles. The SMILES string of the molecule is CCCCCCCCc1c(S(N)(=O)=O)ccc(F)c1-c1cccnc1. The Morgan fingerprint density at radius 3 is 2.44 bits per heavy atom. The monoisotopic (exact) mass is 364 g/mol. The molecule has 0 aliphatic carbocycles. The minimum atomic E-state index is -3.92. The fraction of sp³-hybridized carbons (Fsp3) is 0.421. The molecule has 0 atom stereocenters. The van der Waals surface area contributed by atoms with E-state index < -0.39 is 15.8 Å². The largest absolute Gasteiger partial charge is 0.264 e. The molecule has 0 aliphatic rings. The van der Waals surface area contributed by atoms with E-state index in [-0.39, 0.29) is 10.5 Å². The number of pyridine rings is 1. The van der Waals surface area contributed by atoms with Crippen LogP contribution in [-0.4, -0.2) is 13.4 Å². The molecule has 0 saturated carbocycles. The number of rotatable bonds is 9. The average molecular weight is 364 g/mol. The smallest absolute Gasteiger partial charge is 0.238 e. The van der Waals surface area contributed by atoms with Crippen LogP contribution in [0, 0.1) is 5.82 Å². The minimum absolute atomic E-state index is 0.00121. The molecule has 0 aliphatic heterocycles. The van der Waals surface area contributed by atoms with Gasteiger partial charge in [-0.3, -0.25) is 4.98 Å². The second-order valence-corrected chi connectivity index (χ2v) is 7.73. The third-order valence-electron chi connectivity index (χ3n) is 4.26. The molecular formula is C19H25FN2O2S. The van der Waals surface area contributed by atoms with Crippen LogP contribution >= 0.6 is 0 Å². The van der Waals surface area contributed by atoms with E-state index in [9.17, 15) is 12.8 Å². The summed E-state index contributed by atoms with van der Waals surface area (Å²) in [4.78, 5) is 4.02. The minimum Gasteiger partial charge on any atom is -0.264 e. The molecule has 2 rings (SSSR count). The maximum absolute atomic E-state index is 14.5. The molecule has 25 heavy (non-hydrogen) atoms. The highest BCUT2D eigenvalue weighted by Gasteiger charge is 2.21. The highest BCUT2D eigenvalue weighted by molar-refractivity contribution is 7.89. The van der Waals surface area contributed by atoms with Crippen LogP contribution in [-0.2, 0) is 16.4 Å². The van der Waals surface area contributed by atoms with Gasteiger partial charge in [-0.1, -0.05) is 45.1 Å². The van der Waals surface area contributed by atoms with Gasteiger partial charge in [0.2, 0.25) is 10.0 Å². The van der Waals surface area contributed by atoms with Crippen LogP contribution < -0.4 is 5.14 Å². The summed E-state index contributed by atoms with van der Waals surface area (Å²) in [5.74, 6) is -0.457. The van der Waals surface area contributed by atoms with Crippen LogP contribution in [0.4, 0.5) is 4.39 Å². The molecule has 0 spiro atoms. The Morgan fingerprint density at radius 1 is 1.08 bits per heavy atom. The Kier molecular flexibility index (Phi) is 7.08. The standard InChI is InChI=1S/C19H25FN2O2S/c1-2-3-4-5-6-7-10-16-18(25(21,23)24)12-11-17(20)19(16)15-9-8-13-22-14-15/h8-9,11-14H,2-7,10H2,1H3,(H2,21,23,24). The molecule has 0 amide bonds. The fourth-order valence-electron chi connectivity index (χ4n) is 3.02. The van der Waals surface area contributed by atoms with Gasteiger partial charge in [-0.25, -0.2) is 17.9 Å². The summed E-state index contributed by atoms with van der Waals surface area (Å²) in [5.41, 5.74) is 1.30. The van der Waals surface area contributed by atoms with E-state index in [2.05, 4.69) is 11.9 Å². The van der Waals surface area contributed by atoms with Gasteiger partial charge in [0.1, 0.15) is 5.82 Å². The first kappa shape index (κ1) is 19.5. The van der Waals surface area contributed by atoms with Crippen LogP contribution in [0.2, 0.25) is 0 Å². The van der Waals surface area contributed by atoms with E-state index in [4.69, 9.17) is 5.14 Å². The van der Waals surface area contributed by atoms with Crippen molar-refractivity contribution in [2.75, 3.05) is 0 Å². The zero-order chi connectivity index (χ0) is 18.3. The number of hydrogen-bond acceptors (Lipinski definition) is 3. The van der Waals surface area contributed by atoms with Crippen LogP contribution in [0.5, 0.6) is 0 Å². The van der Waals surface area contributed by atoms with E-state index in [1.165, 1.54) is 25.1 Å². The van der Waals surface area contributed by atoms with E-state index in [0.29, 0.717) is 17.5 Å². The molecule has 0 radical (unpaired) electrons.